The minimum Gasteiger partial charge on any atom is -0.502 e. The Balaban J connectivity index is 2.05. The molecule has 0 saturated heterocycles. The zero-order chi connectivity index (χ0) is 17.6. The fourth-order valence-electron chi connectivity index (χ4n) is 2.35. The van der Waals surface area contributed by atoms with Gasteiger partial charge in [0.05, 0.1) is 0 Å². The van der Waals surface area contributed by atoms with Gasteiger partial charge in [0.15, 0.2) is 23.1 Å². The van der Waals surface area contributed by atoms with Gasteiger partial charge in [0.25, 0.3) is 5.70 Å². The number of thiocarbonyl (C=S) groups is 1. The standard InChI is InChI=1S/C20H15ClN2OS/c21-16-11-9-15(10-12-16)19(24)18(23-13-5-2-6-14-23)20(25)22-17-7-3-1-4-8-17/h1-14H,(H-,22,24,25)/p+1. The Morgan fingerprint density at radius 1 is 0.880 bits per heavy atom. The summed E-state index contributed by atoms with van der Waals surface area (Å²) in [5.41, 5.74) is 1.97. The number of hydrogen-bond acceptors (Lipinski definition) is 2. The summed E-state index contributed by atoms with van der Waals surface area (Å²) in [6, 6.07) is 22.2. The van der Waals surface area contributed by atoms with Gasteiger partial charge < -0.3 is 10.4 Å². The Kier molecular flexibility index (Phi) is 5.43. The first-order chi connectivity index (χ1) is 12.1. The monoisotopic (exact) mass is 367 g/mol. The number of halogens is 1. The normalized spacial score (nSPS) is 11.6. The van der Waals surface area contributed by atoms with E-state index in [4.69, 9.17) is 23.8 Å². The highest BCUT2D eigenvalue weighted by Gasteiger charge is 2.23. The number of anilines is 1. The van der Waals surface area contributed by atoms with E-state index < -0.39 is 0 Å². The summed E-state index contributed by atoms with van der Waals surface area (Å²) in [5, 5.41) is 14.6. The van der Waals surface area contributed by atoms with Crippen molar-refractivity contribution in [2.24, 2.45) is 0 Å². The van der Waals surface area contributed by atoms with Crippen LogP contribution in [0.5, 0.6) is 0 Å². The molecule has 0 unspecified atom stereocenters. The fourth-order valence-corrected chi connectivity index (χ4v) is 2.80. The Bertz CT molecular complexity index is 894. The molecule has 25 heavy (non-hydrogen) atoms. The van der Waals surface area contributed by atoms with Gasteiger partial charge in [-0.25, -0.2) is 0 Å². The first kappa shape index (κ1) is 17.1. The molecule has 0 saturated carbocycles. The molecule has 0 spiro atoms. The molecule has 0 bridgehead atoms. The van der Waals surface area contributed by atoms with Crippen molar-refractivity contribution in [3.8, 4) is 0 Å². The summed E-state index contributed by atoms with van der Waals surface area (Å²) in [6.07, 6.45) is 3.67. The number of aromatic nitrogens is 1. The van der Waals surface area contributed by atoms with Gasteiger partial charge in [0, 0.05) is 28.4 Å². The van der Waals surface area contributed by atoms with E-state index in [1.54, 1.807) is 28.8 Å². The molecular formula is C20H16ClN2OS+. The van der Waals surface area contributed by atoms with Crippen LogP contribution in [0.25, 0.3) is 11.5 Å². The molecule has 2 N–H and O–H groups in total. The van der Waals surface area contributed by atoms with Crippen LogP contribution in [0.15, 0.2) is 85.2 Å². The summed E-state index contributed by atoms with van der Waals surface area (Å²) in [7, 11) is 0. The van der Waals surface area contributed by atoms with E-state index in [0.717, 1.165) is 5.69 Å². The zero-order valence-electron chi connectivity index (χ0n) is 13.3. The van der Waals surface area contributed by atoms with Gasteiger partial charge in [-0.3, -0.25) is 0 Å². The van der Waals surface area contributed by atoms with Crippen LogP contribution in [0.2, 0.25) is 5.02 Å². The molecule has 0 amide bonds. The van der Waals surface area contributed by atoms with E-state index in [0.29, 0.717) is 21.3 Å². The maximum absolute atomic E-state index is 10.9. The quantitative estimate of drug-likeness (QED) is 0.296. The van der Waals surface area contributed by atoms with Crippen molar-refractivity contribution in [1.82, 2.24) is 0 Å². The van der Waals surface area contributed by atoms with Gasteiger partial charge in [0.2, 0.25) is 0 Å². The lowest BCUT2D eigenvalue weighted by Crippen LogP contribution is -2.38. The third-order valence-corrected chi connectivity index (χ3v) is 4.11. The average Bonchev–Trinajstić information content (AvgIpc) is 2.64. The minimum atomic E-state index is 0.0706. The Hall–Kier alpha value is -2.69. The average molecular weight is 368 g/mol. The third-order valence-electron chi connectivity index (χ3n) is 3.56. The lowest BCUT2D eigenvalue weighted by Gasteiger charge is -2.10. The first-order valence-electron chi connectivity index (χ1n) is 7.67. The maximum atomic E-state index is 10.9. The number of aliphatic hydroxyl groups is 1. The first-order valence-corrected chi connectivity index (χ1v) is 8.46. The second-order valence-corrected chi connectivity index (χ2v) is 6.15. The van der Waals surface area contributed by atoms with Gasteiger partial charge in [-0.1, -0.05) is 48.1 Å². The highest BCUT2D eigenvalue weighted by atomic mass is 35.5. The van der Waals surface area contributed by atoms with Gasteiger partial charge in [-0.2, -0.15) is 4.57 Å². The number of nitrogens with one attached hydrogen (secondary N) is 1. The number of nitrogens with zero attached hydrogens (tertiary/aromatic N) is 1. The molecular weight excluding hydrogens is 352 g/mol. The van der Waals surface area contributed by atoms with Crippen LogP contribution in [-0.2, 0) is 0 Å². The SMILES string of the molecule is OC(=C(C(=S)Nc1ccccc1)[n+]1ccccc1)c1ccc(Cl)cc1. The van der Waals surface area contributed by atoms with Gasteiger partial charge >= 0.3 is 0 Å². The van der Waals surface area contributed by atoms with Crippen molar-refractivity contribution in [3.63, 3.8) is 0 Å². The van der Waals surface area contributed by atoms with Gasteiger partial charge in [-0.15, -0.1) is 0 Å². The third kappa shape index (κ3) is 4.24. The highest BCUT2D eigenvalue weighted by Crippen LogP contribution is 2.20. The highest BCUT2D eigenvalue weighted by molar-refractivity contribution is 7.81. The second kappa shape index (κ2) is 7.92. The summed E-state index contributed by atoms with van der Waals surface area (Å²) in [5.74, 6) is 0.0706. The van der Waals surface area contributed by atoms with Gasteiger partial charge in [0.1, 0.15) is 0 Å². The number of benzene rings is 2. The van der Waals surface area contributed by atoms with E-state index in [9.17, 15) is 5.11 Å². The molecule has 3 nitrogen and oxygen atoms in total. The molecule has 124 valence electrons. The minimum absolute atomic E-state index is 0.0706. The van der Waals surface area contributed by atoms with Gasteiger partial charge in [-0.05, 0) is 36.4 Å². The maximum Gasteiger partial charge on any atom is 0.288 e. The largest absolute Gasteiger partial charge is 0.502 e. The van der Waals surface area contributed by atoms with Crippen LogP contribution in [0, 0.1) is 0 Å². The fraction of sp³-hybridized carbons (Fsp3) is 0. The molecule has 0 fully saturated rings. The Labute approximate surface area is 156 Å². The molecule has 0 aliphatic carbocycles. The zero-order valence-corrected chi connectivity index (χ0v) is 14.8. The Morgan fingerprint density at radius 2 is 1.48 bits per heavy atom. The molecule has 3 aromatic rings. The van der Waals surface area contributed by atoms with Crippen LogP contribution in [0.3, 0.4) is 0 Å². The van der Waals surface area contributed by atoms with Crippen LogP contribution >= 0.6 is 23.8 Å². The smallest absolute Gasteiger partial charge is 0.288 e. The van der Waals surface area contributed by atoms with E-state index in [-0.39, 0.29) is 5.76 Å². The van der Waals surface area contributed by atoms with Crippen LogP contribution in [-0.4, -0.2) is 10.1 Å². The van der Waals surface area contributed by atoms with Crippen molar-refractivity contribution < 1.29 is 9.67 Å². The van der Waals surface area contributed by atoms with Crippen molar-refractivity contribution in [2.45, 2.75) is 0 Å². The molecule has 0 atom stereocenters. The Morgan fingerprint density at radius 3 is 2.12 bits per heavy atom. The molecule has 0 radical (unpaired) electrons. The molecule has 3 rings (SSSR count). The van der Waals surface area contributed by atoms with E-state index in [1.165, 1.54) is 0 Å². The second-order valence-electron chi connectivity index (χ2n) is 5.31. The van der Waals surface area contributed by atoms with E-state index in [1.807, 2.05) is 60.9 Å². The van der Waals surface area contributed by atoms with Crippen LogP contribution in [0.1, 0.15) is 5.56 Å². The lowest BCUT2D eigenvalue weighted by molar-refractivity contribution is -0.575. The summed E-state index contributed by atoms with van der Waals surface area (Å²) >= 11 is 11.5. The summed E-state index contributed by atoms with van der Waals surface area (Å²) in [4.78, 5) is 0.412. The molecule has 0 aliphatic heterocycles. The van der Waals surface area contributed by atoms with E-state index >= 15 is 0 Å². The number of para-hydroxylation sites is 1. The van der Waals surface area contributed by atoms with Crippen molar-refractivity contribution >= 4 is 46.0 Å². The van der Waals surface area contributed by atoms with Crippen molar-refractivity contribution in [3.05, 3.63) is 95.8 Å². The molecule has 1 aromatic heterocycles. The van der Waals surface area contributed by atoms with Crippen molar-refractivity contribution in [1.29, 1.82) is 0 Å². The predicted octanol–water partition coefficient (Wildman–Crippen LogP) is 4.95. The van der Waals surface area contributed by atoms with Crippen molar-refractivity contribution in [2.75, 3.05) is 5.32 Å². The lowest BCUT2D eigenvalue weighted by atomic mass is 10.1. The number of pyridine rings is 1. The molecule has 1 heterocycles. The van der Waals surface area contributed by atoms with Crippen LogP contribution < -0.4 is 9.88 Å². The molecule has 2 aromatic carbocycles. The summed E-state index contributed by atoms with van der Waals surface area (Å²) in [6.45, 7) is 0. The molecule has 5 heteroatoms. The summed E-state index contributed by atoms with van der Waals surface area (Å²) < 4.78 is 1.78. The number of hydrogen-bond donors (Lipinski definition) is 2. The number of rotatable bonds is 4. The van der Waals surface area contributed by atoms with Crippen LogP contribution in [0.4, 0.5) is 5.69 Å². The predicted molar refractivity (Wildman–Crippen MR) is 106 cm³/mol. The number of aliphatic hydroxyl groups excluding tert-OH is 1. The van der Waals surface area contributed by atoms with E-state index in [2.05, 4.69) is 5.32 Å². The molecule has 0 aliphatic rings. The topological polar surface area (TPSA) is 36.1 Å².